The summed E-state index contributed by atoms with van der Waals surface area (Å²) in [5.74, 6) is 2.42. The highest BCUT2D eigenvalue weighted by atomic mass is 16.5. The van der Waals surface area contributed by atoms with Gasteiger partial charge in [-0.3, -0.25) is 0 Å². The van der Waals surface area contributed by atoms with Crippen molar-refractivity contribution in [2.24, 2.45) is 0 Å². The Bertz CT molecular complexity index is 311. The van der Waals surface area contributed by atoms with Crippen LogP contribution in [-0.2, 0) is 6.42 Å². The molecule has 0 unspecified atom stereocenters. The van der Waals surface area contributed by atoms with Crippen LogP contribution in [0.25, 0.3) is 0 Å². The number of rotatable bonds is 1. The van der Waals surface area contributed by atoms with Crippen molar-refractivity contribution in [3.63, 3.8) is 0 Å². The molecule has 2 rings (SSSR count). The Morgan fingerprint density at radius 3 is 3.00 bits per heavy atom. The van der Waals surface area contributed by atoms with Crippen LogP contribution in [0.4, 0.5) is 5.82 Å². The van der Waals surface area contributed by atoms with Gasteiger partial charge in [-0.15, -0.1) is 0 Å². The van der Waals surface area contributed by atoms with Crippen LogP contribution in [0.5, 0.6) is 5.75 Å². The number of hydrogen-bond acceptors (Lipinski definition) is 4. The van der Waals surface area contributed by atoms with Gasteiger partial charge >= 0.3 is 0 Å². The second-order valence-corrected chi connectivity index (χ2v) is 2.74. The molecule has 0 spiro atoms. The third-order valence-corrected chi connectivity index (χ3v) is 1.87. The maximum atomic E-state index is 5.39. The van der Waals surface area contributed by atoms with Gasteiger partial charge in [0.25, 0.3) is 0 Å². The Balaban J connectivity index is 2.55. The number of aromatic nitrogens is 2. The summed E-state index contributed by atoms with van der Waals surface area (Å²) in [5, 5.41) is 2.99. The van der Waals surface area contributed by atoms with Gasteiger partial charge in [-0.1, -0.05) is 0 Å². The summed E-state index contributed by atoms with van der Waals surface area (Å²) in [4.78, 5) is 8.50. The van der Waals surface area contributed by atoms with Gasteiger partial charge in [0, 0.05) is 13.5 Å². The van der Waals surface area contributed by atoms with Gasteiger partial charge in [-0.2, -0.15) is 0 Å². The van der Waals surface area contributed by atoms with Gasteiger partial charge < -0.3 is 10.1 Å². The Kier molecular flexibility index (Phi) is 1.60. The molecular formula is C8H11N3O. The van der Waals surface area contributed by atoms with E-state index in [4.69, 9.17) is 4.74 Å². The highest BCUT2D eigenvalue weighted by Gasteiger charge is 2.18. The Hall–Kier alpha value is -1.32. The van der Waals surface area contributed by atoms with Gasteiger partial charge in [-0.25, -0.2) is 9.97 Å². The molecule has 64 valence electrons. The van der Waals surface area contributed by atoms with Crippen molar-refractivity contribution in [2.75, 3.05) is 19.0 Å². The van der Waals surface area contributed by atoms with E-state index in [0.717, 1.165) is 36.1 Å². The van der Waals surface area contributed by atoms with E-state index in [1.807, 2.05) is 14.0 Å². The maximum absolute atomic E-state index is 5.39. The zero-order valence-corrected chi connectivity index (χ0v) is 7.22. The lowest BCUT2D eigenvalue weighted by molar-refractivity contribution is 0.357. The van der Waals surface area contributed by atoms with Gasteiger partial charge in [-0.05, 0) is 6.92 Å². The number of aryl methyl sites for hydroxylation is 1. The first-order valence-corrected chi connectivity index (χ1v) is 3.99. The fourth-order valence-corrected chi connectivity index (χ4v) is 1.36. The number of anilines is 1. The molecule has 0 aliphatic carbocycles. The van der Waals surface area contributed by atoms with Crippen LogP contribution in [0.3, 0.4) is 0 Å². The molecule has 4 heteroatoms. The quantitative estimate of drug-likeness (QED) is 0.667. The molecule has 2 heterocycles. The predicted octanol–water partition coefficient (Wildman–Crippen LogP) is 0.762. The Morgan fingerprint density at radius 1 is 1.42 bits per heavy atom. The van der Waals surface area contributed by atoms with Gasteiger partial charge in [0.1, 0.15) is 5.82 Å². The third-order valence-electron chi connectivity index (χ3n) is 1.87. The molecule has 12 heavy (non-hydrogen) atoms. The van der Waals surface area contributed by atoms with E-state index in [0.29, 0.717) is 0 Å². The summed E-state index contributed by atoms with van der Waals surface area (Å²) >= 11 is 0. The van der Waals surface area contributed by atoms with Crippen molar-refractivity contribution >= 4 is 5.82 Å². The van der Waals surface area contributed by atoms with Gasteiger partial charge in [0.05, 0.1) is 12.3 Å². The molecule has 0 fully saturated rings. The van der Waals surface area contributed by atoms with Crippen molar-refractivity contribution in [2.45, 2.75) is 13.3 Å². The molecule has 0 bridgehead atoms. The molecule has 1 aliphatic rings. The Morgan fingerprint density at radius 2 is 2.25 bits per heavy atom. The molecule has 1 aliphatic heterocycles. The van der Waals surface area contributed by atoms with E-state index < -0.39 is 0 Å². The van der Waals surface area contributed by atoms with E-state index in [2.05, 4.69) is 15.3 Å². The topological polar surface area (TPSA) is 47.0 Å². The molecule has 0 atom stereocenters. The minimum absolute atomic E-state index is 0.724. The lowest BCUT2D eigenvalue weighted by Gasteiger charge is -2.05. The summed E-state index contributed by atoms with van der Waals surface area (Å²) in [6, 6.07) is 0. The van der Waals surface area contributed by atoms with Crippen LogP contribution in [0.1, 0.15) is 11.5 Å². The van der Waals surface area contributed by atoms with Crippen LogP contribution < -0.4 is 10.1 Å². The second kappa shape index (κ2) is 2.62. The second-order valence-electron chi connectivity index (χ2n) is 2.74. The molecule has 1 N–H and O–H groups in total. The first kappa shape index (κ1) is 7.34. The first-order chi connectivity index (χ1) is 5.81. The SMILES string of the molecule is CNc1nc(C)nc2c1OCC2. The maximum Gasteiger partial charge on any atom is 0.183 e. The molecular weight excluding hydrogens is 154 g/mol. The highest BCUT2D eigenvalue weighted by molar-refractivity contribution is 5.53. The third kappa shape index (κ3) is 0.995. The summed E-state index contributed by atoms with van der Waals surface area (Å²) in [6.07, 6.45) is 0.896. The number of fused-ring (bicyclic) bond motifs is 1. The number of nitrogens with zero attached hydrogens (tertiary/aromatic N) is 2. The van der Waals surface area contributed by atoms with E-state index in [1.165, 1.54) is 0 Å². The van der Waals surface area contributed by atoms with Crippen molar-refractivity contribution in [3.8, 4) is 5.75 Å². The first-order valence-electron chi connectivity index (χ1n) is 3.99. The smallest absolute Gasteiger partial charge is 0.183 e. The molecule has 0 amide bonds. The fourth-order valence-electron chi connectivity index (χ4n) is 1.36. The predicted molar refractivity (Wildman–Crippen MR) is 45.5 cm³/mol. The summed E-state index contributed by atoms with van der Waals surface area (Å²) in [6.45, 7) is 2.61. The largest absolute Gasteiger partial charge is 0.487 e. The minimum Gasteiger partial charge on any atom is -0.487 e. The van der Waals surface area contributed by atoms with Crippen molar-refractivity contribution in [3.05, 3.63) is 11.5 Å². The Labute approximate surface area is 71.0 Å². The van der Waals surface area contributed by atoms with Gasteiger partial charge in [0.15, 0.2) is 11.6 Å². The fraction of sp³-hybridized carbons (Fsp3) is 0.500. The van der Waals surface area contributed by atoms with Crippen molar-refractivity contribution in [1.82, 2.24) is 9.97 Å². The average molecular weight is 165 g/mol. The number of ether oxygens (including phenoxy) is 1. The zero-order valence-electron chi connectivity index (χ0n) is 7.22. The van der Waals surface area contributed by atoms with E-state index in [1.54, 1.807) is 0 Å². The van der Waals surface area contributed by atoms with Crippen LogP contribution >= 0.6 is 0 Å². The van der Waals surface area contributed by atoms with Crippen molar-refractivity contribution < 1.29 is 4.74 Å². The average Bonchev–Trinajstić information content (AvgIpc) is 2.50. The number of hydrogen-bond donors (Lipinski definition) is 1. The highest BCUT2D eigenvalue weighted by Crippen LogP contribution is 2.30. The lowest BCUT2D eigenvalue weighted by Crippen LogP contribution is -2.00. The molecule has 0 saturated carbocycles. The molecule has 0 aromatic carbocycles. The van der Waals surface area contributed by atoms with Gasteiger partial charge in [0.2, 0.25) is 0 Å². The lowest BCUT2D eigenvalue weighted by atomic mass is 10.3. The summed E-state index contributed by atoms with van der Waals surface area (Å²) in [7, 11) is 1.84. The van der Waals surface area contributed by atoms with Crippen LogP contribution in [-0.4, -0.2) is 23.6 Å². The van der Waals surface area contributed by atoms with Crippen LogP contribution in [0, 0.1) is 6.92 Å². The zero-order chi connectivity index (χ0) is 8.55. The van der Waals surface area contributed by atoms with Crippen molar-refractivity contribution in [1.29, 1.82) is 0 Å². The van der Waals surface area contributed by atoms with E-state index in [-0.39, 0.29) is 0 Å². The molecule has 4 nitrogen and oxygen atoms in total. The van der Waals surface area contributed by atoms with Crippen LogP contribution in [0.15, 0.2) is 0 Å². The standard InChI is InChI=1S/C8H11N3O/c1-5-10-6-3-4-12-7(6)8(9-2)11-5/h3-4H2,1-2H3,(H,9,10,11). The molecule has 1 aromatic heterocycles. The monoisotopic (exact) mass is 165 g/mol. The summed E-state index contributed by atoms with van der Waals surface area (Å²) in [5.41, 5.74) is 1.02. The summed E-state index contributed by atoms with van der Waals surface area (Å²) < 4.78 is 5.39. The van der Waals surface area contributed by atoms with E-state index in [9.17, 15) is 0 Å². The minimum atomic E-state index is 0.724. The number of nitrogens with one attached hydrogen (secondary N) is 1. The normalized spacial score (nSPS) is 13.8. The molecule has 1 aromatic rings. The molecule has 0 radical (unpaired) electrons. The molecule has 0 saturated heterocycles. The van der Waals surface area contributed by atoms with Crippen LogP contribution in [0.2, 0.25) is 0 Å². The van der Waals surface area contributed by atoms with E-state index >= 15 is 0 Å².